The first-order valence-electron chi connectivity index (χ1n) is 23.4. The Balaban J connectivity index is 2.22. The van der Waals surface area contributed by atoms with Crippen molar-refractivity contribution in [3.05, 3.63) is 12.2 Å². The molecule has 1 amide bonds. The molecule has 55 heavy (non-hydrogen) atoms. The lowest BCUT2D eigenvalue weighted by Gasteiger charge is -2.40. The van der Waals surface area contributed by atoms with Crippen LogP contribution >= 0.6 is 0 Å². The molecule has 0 aromatic carbocycles. The number of carbonyl (C=O) groups is 1. The average molecular weight is 784 g/mol. The van der Waals surface area contributed by atoms with Gasteiger partial charge in [-0.15, -0.1) is 0 Å². The van der Waals surface area contributed by atoms with Gasteiger partial charge in [0, 0.05) is 6.42 Å². The van der Waals surface area contributed by atoms with Crippen LogP contribution in [0.4, 0.5) is 0 Å². The molecule has 1 fully saturated rings. The number of carbonyl (C=O) groups excluding carboxylic acids is 1. The van der Waals surface area contributed by atoms with E-state index in [4.69, 9.17) is 9.47 Å². The molecule has 7 unspecified atom stereocenters. The third kappa shape index (κ3) is 28.1. The Morgan fingerprint density at radius 1 is 0.600 bits per heavy atom. The number of nitrogens with one attached hydrogen (secondary N) is 1. The van der Waals surface area contributed by atoms with Gasteiger partial charge in [0.25, 0.3) is 0 Å². The van der Waals surface area contributed by atoms with E-state index in [9.17, 15) is 30.3 Å². The van der Waals surface area contributed by atoms with E-state index in [2.05, 4.69) is 31.3 Å². The minimum atomic E-state index is -1.55. The van der Waals surface area contributed by atoms with Crippen LogP contribution in [0.15, 0.2) is 12.2 Å². The molecule has 1 saturated heterocycles. The summed E-state index contributed by atoms with van der Waals surface area (Å²) in [6, 6.07) is -0.715. The first kappa shape index (κ1) is 51.9. The zero-order chi connectivity index (χ0) is 40.2. The van der Waals surface area contributed by atoms with Crippen LogP contribution < -0.4 is 5.32 Å². The van der Waals surface area contributed by atoms with Gasteiger partial charge < -0.3 is 40.3 Å². The quantitative estimate of drug-likeness (QED) is 0.0267. The monoisotopic (exact) mass is 784 g/mol. The average Bonchev–Trinajstić information content (AvgIpc) is 3.18. The molecule has 1 rings (SSSR count). The summed E-state index contributed by atoms with van der Waals surface area (Å²) in [5.74, 6) is -0.149. The van der Waals surface area contributed by atoms with Gasteiger partial charge in [0.1, 0.15) is 24.4 Å². The molecule has 0 spiro atoms. The number of hydrogen-bond donors (Lipinski definition) is 6. The lowest BCUT2D eigenvalue weighted by Crippen LogP contribution is -2.60. The molecule has 7 atom stereocenters. The Morgan fingerprint density at radius 3 is 1.47 bits per heavy atom. The molecule has 6 N–H and O–H groups in total. The van der Waals surface area contributed by atoms with E-state index in [-0.39, 0.29) is 12.5 Å². The number of allylic oxidation sites excluding steroid dienone is 2. The summed E-state index contributed by atoms with van der Waals surface area (Å²) in [7, 11) is 0. The van der Waals surface area contributed by atoms with Crippen LogP contribution in [0.25, 0.3) is 0 Å². The van der Waals surface area contributed by atoms with Crippen molar-refractivity contribution in [1.82, 2.24) is 5.32 Å². The lowest BCUT2D eigenvalue weighted by atomic mass is 9.99. The molecule has 1 aliphatic rings. The maximum atomic E-state index is 12.9. The smallest absolute Gasteiger partial charge is 0.220 e. The van der Waals surface area contributed by atoms with Crippen molar-refractivity contribution in [3.63, 3.8) is 0 Å². The van der Waals surface area contributed by atoms with Crippen molar-refractivity contribution < 1.29 is 39.8 Å². The molecule has 0 radical (unpaired) electrons. The molecule has 0 saturated carbocycles. The van der Waals surface area contributed by atoms with Crippen LogP contribution in [0, 0.1) is 0 Å². The molecule has 0 bridgehead atoms. The Bertz CT molecular complexity index is 873. The van der Waals surface area contributed by atoms with E-state index in [0.717, 1.165) is 38.5 Å². The second-order valence-corrected chi connectivity index (χ2v) is 16.6. The Labute approximate surface area is 337 Å². The van der Waals surface area contributed by atoms with Gasteiger partial charge in [-0.25, -0.2) is 0 Å². The fraction of sp³-hybridized carbons (Fsp3) is 0.935. The van der Waals surface area contributed by atoms with E-state index in [1.54, 1.807) is 0 Å². The predicted molar refractivity (Wildman–Crippen MR) is 226 cm³/mol. The summed E-state index contributed by atoms with van der Waals surface area (Å²) in [5.41, 5.74) is 0. The third-order valence-electron chi connectivity index (χ3n) is 11.4. The molecular weight excluding hydrogens is 695 g/mol. The highest BCUT2D eigenvalue weighted by Gasteiger charge is 2.44. The Kier molecular flexibility index (Phi) is 35.2. The minimum Gasteiger partial charge on any atom is -0.394 e. The summed E-state index contributed by atoms with van der Waals surface area (Å²) < 4.78 is 11.2. The molecule has 9 nitrogen and oxygen atoms in total. The molecule has 0 aromatic rings. The van der Waals surface area contributed by atoms with Crippen molar-refractivity contribution in [1.29, 1.82) is 0 Å². The maximum absolute atomic E-state index is 12.9. The highest BCUT2D eigenvalue weighted by atomic mass is 16.7. The van der Waals surface area contributed by atoms with Gasteiger partial charge in [0.05, 0.1) is 25.4 Å². The van der Waals surface area contributed by atoms with Gasteiger partial charge in [0.2, 0.25) is 5.91 Å². The lowest BCUT2D eigenvalue weighted by molar-refractivity contribution is -0.302. The van der Waals surface area contributed by atoms with Gasteiger partial charge in [-0.2, -0.15) is 0 Å². The second kappa shape index (κ2) is 37.2. The summed E-state index contributed by atoms with van der Waals surface area (Å²) in [6.45, 7) is 3.81. The topological polar surface area (TPSA) is 149 Å². The highest BCUT2D eigenvalue weighted by molar-refractivity contribution is 5.76. The van der Waals surface area contributed by atoms with Crippen molar-refractivity contribution in [2.45, 2.75) is 262 Å². The van der Waals surface area contributed by atoms with Crippen molar-refractivity contribution in [3.8, 4) is 0 Å². The van der Waals surface area contributed by atoms with E-state index >= 15 is 0 Å². The second-order valence-electron chi connectivity index (χ2n) is 16.6. The van der Waals surface area contributed by atoms with Gasteiger partial charge in [-0.3, -0.25) is 4.79 Å². The van der Waals surface area contributed by atoms with Crippen LogP contribution in [0.3, 0.4) is 0 Å². The molecule has 0 aliphatic carbocycles. The number of ether oxygens (including phenoxy) is 2. The summed E-state index contributed by atoms with van der Waals surface area (Å²) >= 11 is 0. The molecule has 326 valence electrons. The fourth-order valence-corrected chi connectivity index (χ4v) is 7.57. The van der Waals surface area contributed by atoms with Crippen LogP contribution in [0.5, 0.6) is 0 Å². The first-order chi connectivity index (χ1) is 26.8. The number of aliphatic hydroxyl groups excluding tert-OH is 5. The molecule has 0 aromatic heterocycles. The summed E-state index contributed by atoms with van der Waals surface area (Å²) in [5, 5.41) is 54.2. The maximum Gasteiger partial charge on any atom is 0.220 e. The summed E-state index contributed by atoms with van der Waals surface area (Å²) in [4.78, 5) is 12.9. The standard InChI is InChI=1S/C46H89NO8/c1-3-5-7-9-11-13-14-15-16-17-18-19-20-21-22-23-24-25-26-28-30-32-34-36-42(50)47-39(40(49)35-33-31-29-27-12-10-8-6-4-2)38-54-46-45(53)44(52)43(51)41(37-48)55-46/h21-22,39-41,43-46,48-49,51-53H,3-20,23-38H2,1-2H3,(H,47,50)/b22-21-. The van der Waals surface area contributed by atoms with Crippen molar-refractivity contribution >= 4 is 5.91 Å². The Morgan fingerprint density at radius 2 is 1.02 bits per heavy atom. The van der Waals surface area contributed by atoms with Gasteiger partial charge in [0.15, 0.2) is 6.29 Å². The highest BCUT2D eigenvalue weighted by Crippen LogP contribution is 2.23. The van der Waals surface area contributed by atoms with E-state index < -0.39 is 49.5 Å². The fourth-order valence-electron chi connectivity index (χ4n) is 7.57. The summed E-state index contributed by atoms with van der Waals surface area (Å²) in [6.07, 6.45) is 35.2. The van der Waals surface area contributed by atoms with Gasteiger partial charge in [-0.05, 0) is 38.5 Å². The molecular formula is C46H89NO8. The van der Waals surface area contributed by atoms with Crippen LogP contribution in [-0.4, -0.2) is 87.5 Å². The number of amides is 1. The van der Waals surface area contributed by atoms with Crippen LogP contribution in [0.2, 0.25) is 0 Å². The molecule has 9 heteroatoms. The van der Waals surface area contributed by atoms with E-state index in [1.807, 2.05) is 0 Å². The zero-order valence-corrected chi connectivity index (χ0v) is 35.7. The zero-order valence-electron chi connectivity index (χ0n) is 35.7. The van der Waals surface area contributed by atoms with Crippen LogP contribution in [0.1, 0.15) is 219 Å². The third-order valence-corrected chi connectivity index (χ3v) is 11.4. The number of rotatable bonds is 39. The SMILES string of the molecule is CCCCCCCCCCCCCC/C=C\CCCCCCCCCC(=O)NC(COC1OC(CO)C(O)C(O)C1O)C(O)CCCCCCCCCCC. The van der Waals surface area contributed by atoms with E-state index in [0.29, 0.717) is 12.8 Å². The predicted octanol–water partition coefficient (Wildman–Crippen LogP) is 9.73. The van der Waals surface area contributed by atoms with Gasteiger partial charge >= 0.3 is 0 Å². The number of unbranched alkanes of at least 4 members (excludes halogenated alkanes) is 27. The van der Waals surface area contributed by atoms with Crippen molar-refractivity contribution in [2.24, 2.45) is 0 Å². The number of hydrogen-bond acceptors (Lipinski definition) is 8. The van der Waals surface area contributed by atoms with Crippen LogP contribution in [-0.2, 0) is 14.3 Å². The largest absolute Gasteiger partial charge is 0.394 e. The number of aliphatic hydroxyl groups is 5. The molecule has 1 heterocycles. The Hall–Kier alpha value is -1.07. The molecule has 1 aliphatic heterocycles. The van der Waals surface area contributed by atoms with Crippen molar-refractivity contribution in [2.75, 3.05) is 13.2 Å². The normalized spacial score (nSPS) is 21.3. The van der Waals surface area contributed by atoms with E-state index in [1.165, 1.54) is 154 Å². The first-order valence-corrected chi connectivity index (χ1v) is 23.4. The minimum absolute atomic E-state index is 0.137. The van der Waals surface area contributed by atoms with Gasteiger partial charge in [-0.1, -0.05) is 187 Å².